The molecule has 2 aliphatic rings. The molecule has 4 nitrogen and oxygen atoms in total. The van der Waals surface area contributed by atoms with Gasteiger partial charge in [0.25, 0.3) is 0 Å². The molecule has 1 fully saturated rings. The van der Waals surface area contributed by atoms with Gasteiger partial charge in [0.1, 0.15) is 31.2 Å². The highest BCUT2D eigenvalue weighted by Crippen LogP contribution is 2.42. The molecule has 1 heterocycles. The van der Waals surface area contributed by atoms with Crippen molar-refractivity contribution in [2.45, 2.75) is 57.9 Å². The zero-order valence-electron chi connectivity index (χ0n) is 18.0. The van der Waals surface area contributed by atoms with Gasteiger partial charge in [-0.25, -0.2) is 4.39 Å². The predicted molar refractivity (Wildman–Crippen MR) is 127 cm³/mol. The molecule has 1 aliphatic heterocycles. The number of ether oxygens (including phenoxy) is 2. The molecule has 7 atom stereocenters. The summed E-state index contributed by atoms with van der Waals surface area (Å²) < 4.78 is 30.4. The lowest BCUT2D eigenvalue weighted by Crippen LogP contribution is -2.25. The summed E-state index contributed by atoms with van der Waals surface area (Å²) in [4.78, 5) is 12.1. The van der Waals surface area contributed by atoms with Gasteiger partial charge in [-0.15, -0.1) is 0 Å². The molecule has 170 valence electrons. The summed E-state index contributed by atoms with van der Waals surface area (Å²) in [5, 5.41) is 0. The van der Waals surface area contributed by atoms with Crippen LogP contribution in [0.5, 0.6) is 5.75 Å². The maximum atomic E-state index is 12.9. The fourth-order valence-corrected chi connectivity index (χ4v) is 5.32. The van der Waals surface area contributed by atoms with Gasteiger partial charge in [0, 0.05) is 20.8 Å². The molecular weight excluding hydrogens is 433 g/mol. The minimum atomic E-state index is -0.509. The smallest absolute Gasteiger partial charge is 0.306 e. The van der Waals surface area contributed by atoms with Gasteiger partial charge in [-0.05, 0) is 55.2 Å². The summed E-state index contributed by atoms with van der Waals surface area (Å²) in [7, 11) is 2.86. The van der Waals surface area contributed by atoms with E-state index in [4.69, 9.17) is 14.0 Å². The maximum Gasteiger partial charge on any atom is 0.306 e. The molecule has 0 saturated heterocycles. The van der Waals surface area contributed by atoms with Gasteiger partial charge in [-0.2, -0.15) is 0 Å². The number of esters is 1. The van der Waals surface area contributed by atoms with Crippen LogP contribution in [0.2, 0.25) is 0 Å². The van der Waals surface area contributed by atoms with Crippen molar-refractivity contribution >= 4 is 23.4 Å². The molecule has 1 saturated carbocycles. The molecule has 2 unspecified atom stereocenters. The molecule has 0 amide bonds. The second-order valence-electron chi connectivity index (χ2n) is 8.33. The van der Waals surface area contributed by atoms with Gasteiger partial charge in [-0.3, -0.25) is 4.79 Å². The SMILES string of the molecule is C[C@@H]1C[C@@H]2OC(=O)CCC/C=C\C[C@@H]2[C@H]1/C=C/[C@H](COc1cccc(CF)c1)OPP. The molecule has 31 heavy (non-hydrogen) atoms. The van der Waals surface area contributed by atoms with E-state index in [1.54, 1.807) is 18.2 Å². The fraction of sp³-hybridized carbons (Fsp3) is 0.542. The van der Waals surface area contributed by atoms with Crippen molar-refractivity contribution in [3.05, 3.63) is 54.1 Å². The topological polar surface area (TPSA) is 44.8 Å². The number of benzene rings is 1. The molecule has 0 N–H and O–H groups in total. The van der Waals surface area contributed by atoms with Crippen LogP contribution < -0.4 is 4.74 Å². The standard InChI is InChI=1S/C24H33FO4P2/c1-17-13-23-22(9-4-2-3-5-10-24(26)28-23)21(17)12-11-20(29-31-30)16-27-19-8-6-7-18(14-19)15-25/h2,4,6-8,11-12,14,17,20-23,31H,3,5,9-10,13,15-16,30H2,1H3/b4-2-,12-11+/t17-,20-,21+,22-,23+/m1/s1. The van der Waals surface area contributed by atoms with Crippen LogP contribution in [0.15, 0.2) is 48.6 Å². The first-order chi connectivity index (χ1) is 15.1. The highest BCUT2D eigenvalue weighted by atomic mass is 32.0. The normalized spacial score (nSPS) is 29.1. The number of carbonyl (C=O) groups excluding carboxylic acids is 1. The summed E-state index contributed by atoms with van der Waals surface area (Å²) in [6, 6.07) is 7.08. The van der Waals surface area contributed by atoms with Gasteiger partial charge in [0.05, 0.1) is 0 Å². The minimum Gasteiger partial charge on any atom is -0.491 e. The summed E-state index contributed by atoms with van der Waals surface area (Å²) >= 11 is 0. The van der Waals surface area contributed by atoms with Crippen LogP contribution >= 0.6 is 17.4 Å². The van der Waals surface area contributed by atoms with Crippen LogP contribution in [-0.2, 0) is 20.7 Å². The quantitative estimate of drug-likeness (QED) is 0.261. The Bertz CT molecular complexity index is 770. The van der Waals surface area contributed by atoms with Crippen LogP contribution in [-0.4, -0.2) is 24.8 Å². The van der Waals surface area contributed by atoms with Crippen molar-refractivity contribution in [2.24, 2.45) is 17.8 Å². The summed E-state index contributed by atoms with van der Waals surface area (Å²) in [6.07, 6.45) is 12.6. The van der Waals surface area contributed by atoms with Crippen molar-refractivity contribution in [3.8, 4) is 5.75 Å². The van der Waals surface area contributed by atoms with E-state index in [0.717, 1.165) is 25.7 Å². The van der Waals surface area contributed by atoms with Crippen LogP contribution in [0.1, 0.15) is 44.6 Å². The van der Waals surface area contributed by atoms with Crippen molar-refractivity contribution < 1.29 is 23.2 Å². The number of rotatable bonds is 8. The zero-order valence-corrected chi connectivity index (χ0v) is 20.2. The van der Waals surface area contributed by atoms with E-state index in [1.807, 2.05) is 6.07 Å². The average Bonchev–Trinajstić information content (AvgIpc) is 3.06. The summed E-state index contributed by atoms with van der Waals surface area (Å²) in [5.74, 6) is 1.59. The second-order valence-corrected chi connectivity index (χ2v) is 9.51. The highest BCUT2D eigenvalue weighted by Gasteiger charge is 2.41. The molecule has 0 aromatic heterocycles. The molecule has 1 aliphatic carbocycles. The number of halogens is 1. The van der Waals surface area contributed by atoms with Gasteiger partial charge in [0.15, 0.2) is 0 Å². The Morgan fingerprint density at radius 3 is 3.06 bits per heavy atom. The lowest BCUT2D eigenvalue weighted by atomic mass is 9.86. The summed E-state index contributed by atoms with van der Waals surface area (Å²) in [5.41, 5.74) is 0.600. The van der Waals surface area contributed by atoms with Crippen molar-refractivity contribution in [1.82, 2.24) is 0 Å². The predicted octanol–water partition coefficient (Wildman–Crippen LogP) is 6.17. The lowest BCUT2D eigenvalue weighted by Gasteiger charge is -2.24. The van der Waals surface area contributed by atoms with E-state index in [0.29, 0.717) is 36.2 Å². The first-order valence-electron chi connectivity index (χ1n) is 11.0. The van der Waals surface area contributed by atoms with Crippen molar-refractivity contribution in [2.75, 3.05) is 6.61 Å². The van der Waals surface area contributed by atoms with E-state index in [-0.39, 0.29) is 32.6 Å². The maximum absolute atomic E-state index is 12.9. The molecule has 3 rings (SSSR count). The Hall–Kier alpha value is -1.28. The molecule has 1 aromatic rings. The molecule has 1 aromatic carbocycles. The molecule has 0 radical (unpaired) electrons. The first-order valence-corrected chi connectivity index (χ1v) is 13.7. The number of hydrogen-bond acceptors (Lipinski definition) is 4. The molecule has 7 heteroatoms. The Morgan fingerprint density at radius 2 is 2.26 bits per heavy atom. The molecular formula is C24H33FO4P2. The number of alkyl halides is 1. The van der Waals surface area contributed by atoms with Crippen LogP contribution in [0.3, 0.4) is 0 Å². The number of allylic oxidation sites excluding steroid dienone is 3. The minimum absolute atomic E-state index is 0.0254. The Kier molecular flexibility index (Phi) is 9.96. The summed E-state index contributed by atoms with van der Waals surface area (Å²) in [6.45, 7) is 2.08. The van der Waals surface area contributed by atoms with Crippen LogP contribution in [0.25, 0.3) is 0 Å². The monoisotopic (exact) mass is 466 g/mol. The van der Waals surface area contributed by atoms with Gasteiger partial charge < -0.3 is 14.0 Å². The van der Waals surface area contributed by atoms with Crippen molar-refractivity contribution in [3.63, 3.8) is 0 Å². The Morgan fingerprint density at radius 1 is 1.39 bits per heavy atom. The first kappa shape index (κ1) is 24.4. The third kappa shape index (κ3) is 7.38. The van der Waals surface area contributed by atoms with Crippen LogP contribution in [0, 0.1) is 17.8 Å². The lowest BCUT2D eigenvalue weighted by molar-refractivity contribution is -0.151. The third-order valence-electron chi connectivity index (χ3n) is 6.08. The van der Waals surface area contributed by atoms with E-state index < -0.39 is 6.67 Å². The average molecular weight is 466 g/mol. The molecule has 0 bridgehead atoms. The Labute approximate surface area is 189 Å². The number of carbonyl (C=O) groups is 1. The molecule has 0 spiro atoms. The third-order valence-corrected chi connectivity index (χ3v) is 6.92. The van der Waals surface area contributed by atoms with E-state index in [1.165, 1.54) is 0 Å². The number of fused-ring (bicyclic) bond motifs is 1. The van der Waals surface area contributed by atoms with Crippen molar-refractivity contribution in [1.29, 1.82) is 0 Å². The largest absolute Gasteiger partial charge is 0.491 e. The Balaban J connectivity index is 1.66. The van der Waals surface area contributed by atoms with E-state index in [2.05, 4.69) is 40.2 Å². The van der Waals surface area contributed by atoms with E-state index >= 15 is 0 Å². The van der Waals surface area contributed by atoms with Crippen LogP contribution in [0.4, 0.5) is 4.39 Å². The fourth-order valence-electron chi connectivity index (χ4n) is 4.47. The number of hydrogen-bond donors (Lipinski definition) is 0. The van der Waals surface area contributed by atoms with Gasteiger partial charge >= 0.3 is 5.97 Å². The second kappa shape index (κ2) is 12.7. The van der Waals surface area contributed by atoms with E-state index in [9.17, 15) is 9.18 Å². The zero-order chi connectivity index (χ0) is 22.1. The highest BCUT2D eigenvalue weighted by molar-refractivity contribution is 8.00. The van der Waals surface area contributed by atoms with Gasteiger partial charge in [0.2, 0.25) is 0 Å². The van der Waals surface area contributed by atoms with Gasteiger partial charge in [-0.1, -0.05) is 52.3 Å².